The monoisotopic (exact) mass is 338 g/mol. The van der Waals surface area contributed by atoms with Crippen LogP contribution in [0.4, 0.5) is 0 Å². The molecule has 1 aromatic carbocycles. The number of carboxylic acids is 1. The van der Waals surface area contributed by atoms with Crippen molar-refractivity contribution < 1.29 is 9.90 Å². The lowest BCUT2D eigenvalue weighted by molar-refractivity contribution is -0.149. The van der Waals surface area contributed by atoms with Gasteiger partial charge in [0.05, 0.1) is 12.0 Å². The van der Waals surface area contributed by atoms with E-state index < -0.39 is 11.4 Å². The van der Waals surface area contributed by atoms with E-state index in [1.807, 2.05) is 31.2 Å². The summed E-state index contributed by atoms with van der Waals surface area (Å²) in [6, 6.07) is 7.56. The lowest BCUT2D eigenvalue weighted by atomic mass is 9.88. The molecule has 1 N–H and O–H groups in total. The number of hydrogen-bond donors (Lipinski definition) is 1. The van der Waals surface area contributed by atoms with Gasteiger partial charge in [-0.15, -0.1) is 5.10 Å². The Labute approximate surface area is 124 Å². The number of nitrogens with zero attached hydrogens (tertiary/aromatic N) is 4. The summed E-state index contributed by atoms with van der Waals surface area (Å²) in [5, 5.41) is 20.9. The van der Waals surface area contributed by atoms with E-state index in [4.69, 9.17) is 0 Å². The van der Waals surface area contributed by atoms with Crippen LogP contribution in [0.3, 0.4) is 0 Å². The minimum Gasteiger partial charge on any atom is -0.481 e. The predicted molar refractivity (Wildman–Crippen MR) is 77.0 cm³/mol. The Hall–Kier alpha value is -1.76. The van der Waals surface area contributed by atoms with E-state index in [0.29, 0.717) is 12.2 Å². The molecule has 6 nitrogen and oxygen atoms in total. The first-order chi connectivity index (χ1) is 9.48. The second kappa shape index (κ2) is 5.70. The van der Waals surface area contributed by atoms with Crippen LogP contribution in [-0.4, -0.2) is 31.3 Å². The van der Waals surface area contributed by atoms with E-state index in [1.165, 1.54) is 4.68 Å². The maximum atomic E-state index is 11.4. The molecule has 1 heterocycles. The van der Waals surface area contributed by atoms with Gasteiger partial charge in [0.15, 0.2) is 5.82 Å². The zero-order chi connectivity index (χ0) is 14.8. The second-order valence-electron chi connectivity index (χ2n) is 4.86. The molecule has 0 aliphatic carbocycles. The smallest absolute Gasteiger partial charge is 0.311 e. The highest BCUT2D eigenvalue weighted by Gasteiger charge is 2.33. The van der Waals surface area contributed by atoms with Crippen LogP contribution in [0, 0.1) is 5.41 Å². The fourth-order valence-electron chi connectivity index (χ4n) is 1.81. The van der Waals surface area contributed by atoms with Crippen LogP contribution in [0.25, 0.3) is 11.4 Å². The fraction of sp³-hybridized carbons (Fsp3) is 0.385. The zero-order valence-electron chi connectivity index (χ0n) is 11.2. The van der Waals surface area contributed by atoms with Crippen molar-refractivity contribution in [1.29, 1.82) is 0 Å². The van der Waals surface area contributed by atoms with Gasteiger partial charge < -0.3 is 5.11 Å². The molecule has 0 aliphatic rings. The number of hydrogen-bond acceptors (Lipinski definition) is 4. The van der Waals surface area contributed by atoms with E-state index in [9.17, 15) is 9.90 Å². The Kier molecular flexibility index (Phi) is 4.17. The molecule has 0 fully saturated rings. The van der Waals surface area contributed by atoms with Gasteiger partial charge in [0.1, 0.15) is 0 Å². The molecule has 106 valence electrons. The van der Waals surface area contributed by atoms with Crippen molar-refractivity contribution in [2.75, 3.05) is 0 Å². The van der Waals surface area contributed by atoms with Gasteiger partial charge in [-0.3, -0.25) is 4.79 Å². The Bertz CT molecular complexity index is 628. The Morgan fingerprint density at radius 2 is 2.15 bits per heavy atom. The molecule has 1 unspecified atom stereocenters. The van der Waals surface area contributed by atoms with Crippen molar-refractivity contribution in [1.82, 2.24) is 20.2 Å². The van der Waals surface area contributed by atoms with Crippen molar-refractivity contribution in [2.24, 2.45) is 5.41 Å². The van der Waals surface area contributed by atoms with Gasteiger partial charge in [0, 0.05) is 10.0 Å². The highest BCUT2D eigenvalue weighted by Crippen LogP contribution is 2.29. The van der Waals surface area contributed by atoms with Crippen LogP contribution in [0.5, 0.6) is 0 Å². The summed E-state index contributed by atoms with van der Waals surface area (Å²) in [5.41, 5.74) is -0.0629. The summed E-state index contributed by atoms with van der Waals surface area (Å²) >= 11 is 3.45. The fourth-order valence-corrected chi connectivity index (χ4v) is 2.27. The van der Waals surface area contributed by atoms with Crippen molar-refractivity contribution in [3.63, 3.8) is 0 Å². The summed E-state index contributed by atoms with van der Waals surface area (Å²) in [6.07, 6.45) is 0.498. The standard InChI is InChI=1S/C13H15BrN4O2/c1-3-13(2,12(19)20)8-18-11(15-16-17-18)9-6-4-5-7-10(9)14/h4-7H,3,8H2,1-2H3,(H,19,20). The molecule has 0 aliphatic heterocycles. The summed E-state index contributed by atoms with van der Waals surface area (Å²) in [4.78, 5) is 11.4. The number of aromatic nitrogens is 4. The van der Waals surface area contributed by atoms with Crippen molar-refractivity contribution in [3.8, 4) is 11.4 Å². The quantitative estimate of drug-likeness (QED) is 0.906. The topological polar surface area (TPSA) is 80.9 Å². The Balaban J connectivity index is 2.40. The average molecular weight is 339 g/mol. The van der Waals surface area contributed by atoms with Gasteiger partial charge in [-0.05, 0) is 35.9 Å². The number of tetrazole rings is 1. The molecule has 0 radical (unpaired) electrons. The second-order valence-corrected chi connectivity index (χ2v) is 5.71. The molecule has 0 saturated heterocycles. The molecule has 1 atom stereocenters. The zero-order valence-corrected chi connectivity index (χ0v) is 12.8. The first-order valence-corrected chi connectivity index (χ1v) is 7.01. The van der Waals surface area contributed by atoms with Crippen LogP contribution in [-0.2, 0) is 11.3 Å². The molecule has 0 saturated carbocycles. The third-order valence-electron chi connectivity index (χ3n) is 3.44. The molecule has 2 rings (SSSR count). The summed E-state index contributed by atoms with van der Waals surface area (Å²) in [6.45, 7) is 3.76. The van der Waals surface area contributed by atoms with E-state index in [1.54, 1.807) is 6.92 Å². The summed E-state index contributed by atoms with van der Waals surface area (Å²) in [5.74, 6) is -0.299. The minimum atomic E-state index is -0.897. The summed E-state index contributed by atoms with van der Waals surface area (Å²) < 4.78 is 2.40. The van der Waals surface area contributed by atoms with Gasteiger partial charge in [-0.1, -0.05) is 35.0 Å². The van der Waals surface area contributed by atoms with Crippen molar-refractivity contribution >= 4 is 21.9 Å². The number of carboxylic acid groups (broad SMARTS) is 1. The Morgan fingerprint density at radius 3 is 2.75 bits per heavy atom. The molecule has 0 spiro atoms. The van der Waals surface area contributed by atoms with E-state index >= 15 is 0 Å². The van der Waals surface area contributed by atoms with Gasteiger partial charge in [-0.2, -0.15) is 0 Å². The number of halogens is 1. The normalized spacial score (nSPS) is 13.9. The third-order valence-corrected chi connectivity index (χ3v) is 4.13. The van der Waals surface area contributed by atoms with E-state index in [2.05, 4.69) is 31.5 Å². The van der Waals surface area contributed by atoms with Gasteiger partial charge in [0.2, 0.25) is 0 Å². The number of rotatable bonds is 5. The van der Waals surface area contributed by atoms with Crippen LogP contribution in [0.2, 0.25) is 0 Å². The molecular weight excluding hydrogens is 324 g/mol. The molecule has 1 aromatic heterocycles. The van der Waals surface area contributed by atoms with Gasteiger partial charge >= 0.3 is 5.97 Å². The highest BCUT2D eigenvalue weighted by atomic mass is 79.9. The molecule has 2 aromatic rings. The maximum absolute atomic E-state index is 11.4. The van der Waals surface area contributed by atoms with E-state index in [0.717, 1.165) is 10.0 Å². The van der Waals surface area contributed by atoms with Crippen LogP contribution < -0.4 is 0 Å². The lowest BCUT2D eigenvalue weighted by Crippen LogP contribution is -2.32. The number of benzene rings is 1. The van der Waals surface area contributed by atoms with Crippen LogP contribution >= 0.6 is 15.9 Å². The van der Waals surface area contributed by atoms with Crippen LogP contribution in [0.15, 0.2) is 28.7 Å². The van der Waals surface area contributed by atoms with Gasteiger partial charge in [0.25, 0.3) is 0 Å². The highest BCUT2D eigenvalue weighted by molar-refractivity contribution is 9.10. The Morgan fingerprint density at radius 1 is 1.45 bits per heavy atom. The maximum Gasteiger partial charge on any atom is 0.311 e. The summed E-state index contributed by atoms with van der Waals surface area (Å²) in [7, 11) is 0. The first-order valence-electron chi connectivity index (χ1n) is 6.22. The first kappa shape index (κ1) is 14.6. The molecule has 20 heavy (non-hydrogen) atoms. The molecule has 0 amide bonds. The molecule has 7 heteroatoms. The molecular formula is C13H15BrN4O2. The van der Waals surface area contributed by atoms with Gasteiger partial charge in [-0.25, -0.2) is 4.68 Å². The third kappa shape index (κ3) is 2.72. The molecule has 0 bridgehead atoms. The number of carbonyl (C=O) groups is 1. The number of aliphatic carboxylic acids is 1. The van der Waals surface area contributed by atoms with Crippen molar-refractivity contribution in [3.05, 3.63) is 28.7 Å². The predicted octanol–water partition coefficient (Wildman–Crippen LogP) is 2.60. The van der Waals surface area contributed by atoms with E-state index in [-0.39, 0.29) is 6.54 Å². The SMILES string of the molecule is CCC(C)(Cn1nnnc1-c1ccccc1Br)C(=O)O. The van der Waals surface area contributed by atoms with Crippen LogP contribution in [0.1, 0.15) is 20.3 Å². The van der Waals surface area contributed by atoms with Crippen molar-refractivity contribution in [2.45, 2.75) is 26.8 Å². The largest absolute Gasteiger partial charge is 0.481 e. The lowest BCUT2D eigenvalue weighted by Gasteiger charge is -2.22. The minimum absolute atomic E-state index is 0.225. The average Bonchev–Trinajstić information content (AvgIpc) is 2.86.